The minimum absolute atomic E-state index is 0.0434. The molecule has 3 amide bonds. The van der Waals surface area contributed by atoms with E-state index in [0.29, 0.717) is 18.2 Å². The van der Waals surface area contributed by atoms with E-state index >= 15 is 0 Å². The first-order valence-corrected chi connectivity index (χ1v) is 11.6. The number of furan rings is 1. The van der Waals surface area contributed by atoms with Crippen LogP contribution in [0.2, 0.25) is 0 Å². The second-order valence-electron chi connectivity index (χ2n) is 7.54. The Balaban J connectivity index is 1.99. The van der Waals surface area contributed by atoms with Crippen LogP contribution in [0.15, 0.2) is 40.3 Å². The van der Waals surface area contributed by atoms with Gasteiger partial charge in [0.25, 0.3) is 17.7 Å². The highest BCUT2D eigenvalue weighted by molar-refractivity contribution is 7.10. The number of thiophene rings is 1. The quantitative estimate of drug-likeness (QED) is 0.411. The summed E-state index contributed by atoms with van der Waals surface area (Å²) in [4.78, 5) is 40.7. The van der Waals surface area contributed by atoms with Crippen molar-refractivity contribution in [2.24, 2.45) is 11.7 Å². The average Bonchev–Trinajstić information content (AvgIpc) is 3.49. The number of nitrogen functional groups attached to an aromatic ring is 1. The van der Waals surface area contributed by atoms with Gasteiger partial charge in [-0.3, -0.25) is 14.4 Å². The van der Waals surface area contributed by atoms with Gasteiger partial charge in [-0.15, -0.1) is 11.3 Å². The van der Waals surface area contributed by atoms with Gasteiger partial charge in [-0.2, -0.15) is 4.37 Å². The number of carbonyl (C=O) groups is 3. The summed E-state index contributed by atoms with van der Waals surface area (Å²) in [5.74, 6) is -1.01. The molecule has 3 aromatic rings. The molecule has 0 radical (unpaired) electrons. The van der Waals surface area contributed by atoms with Crippen LogP contribution in [0.3, 0.4) is 0 Å². The van der Waals surface area contributed by atoms with E-state index in [0.717, 1.165) is 22.8 Å². The Labute approximate surface area is 193 Å². The fraction of sp³-hybridized carbons (Fsp3) is 0.333. The van der Waals surface area contributed by atoms with Crippen LogP contribution in [-0.2, 0) is 11.3 Å². The number of amides is 3. The minimum Gasteiger partial charge on any atom is -0.467 e. The van der Waals surface area contributed by atoms with Crippen molar-refractivity contribution in [3.8, 4) is 0 Å². The molecule has 0 aliphatic rings. The number of nitrogens with two attached hydrogens (primary N) is 2. The van der Waals surface area contributed by atoms with Gasteiger partial charge in [-0.25, -0.2) is 0 Å². The lowest BCUT2D eigenvalue weighted by molar-refractivity contribution is -0.126. The van der Waals surface area contributed by atoms with Crippen molar-refractivity contribution in [3.63, 3.8) is 0 Å². The number of hydrogen-bond donors (Lipinski definition) is 3. The molecule has 1 atom stereocenters. The second kappa shape index (κ2) is 10.4. The molecule has 11 heteroatoms. The Kier molecular flexibility index (Phi) is 7.65. The molecule has 0 bridgehead atoms. The monoisotopic (exact) mass is 475 g/mol. The van der Waals surface area contributed by atoms with Crippen LogP contribution >= 0.6 is 22.9 Å². The molecule has 5 N–H and O–H groups in total. The molecule has 0 aliphatic heterocycles. The number of anilines is 1. The molecule has 170 valence electrons. The van der Waals surface area contributed by atoms with Gasteiger partial charge in [0.15, 0.2) is 11.7 Å². The van der Waals surface area contributed by atoms with Crippen LogP contribution in [0.25, 0.3) is 0 Å². The summed E-state index contributed by atoms with van der Waals surface area (Å²) in [5.41, 5.74) is 11.0. The Morgan fingerprint density at radius 2 is 2.03 bits per heavy atom. The van der Waals surface area contributed by atoms with Gasteiger partial charge in [0.1, 0.15) is 10.6 Å². The number of primary amides is 1. The van der Waals surface area contributed by atoms with Crippen molar-refractivity contribution >= 4 is 46.3 Å². The molecule has 0 fully saturated rings. The zero-order chi connectivity index (χ0) is 23.3. The summed E-state index contributed by atoms with van der Waals surface area (Å²) in [6.07, 6.45) is 2.24. The molecule has 9 nitrogen and oxygen atoms in total. The van der Waals surface area contributed by atoms with Crippen molar-refractivity contribution in [3.05, 3.63) is 57.1 Å². The van der Waals surface area contributed by atoms with Gasteiger partial charge >= 0.3 is 0 Å². The molecule has 3 aromatic heterocycles. The van der Waals surface area contributed by atoms with E-state index in [9.17, 15) is 14.4 Å². The highest BCUT2D eigenvalue weighted by atomic mass is 32.1. The zero-order valence-electron chi connectivity index (χ0n) is 17.7. The Hall–Kier alpha value is -3.18. The van der Waals surface area contributed by atoms with Gasteiger partial charge in [0, 0.05) is 11.4 Å². The lowest BCUT2D eigenvalue weighted by Gasteiger charge is -2.29. The van der Waals surface area contributed by atoms with E-state index in [4.69, 9.17) is 15.9 Å². The van der Waals surface area contributed by atoms with E-state index in [-0.39, 0.29) is 28.7 Å². The van der Waals surface area contributed by atoms with E-state index in [1.54, 1.807) is 12.1 Å². The van der Waals surface area contributed by atoms with Crippen molar-refractivity contribution < 1.29 is 18.8 Å². The molecule has 0 aromatic carbocycles. The number of carbonyl (C=O) groups excluding carboxylic acids is 3. The van der Waals surface area contributed by atoms with E-state index in [2.05, 4.69) is 23.5 Å². The summed E-state index contributed by atoms with van der Waals surface area (Å²) in [5, 5.41) is 4.78. The summed E-state index contributed by atoms with van der Waals surface area (Å²) in [7, 11) is 0. The van der Waals surface area contributed by atoms with Gasteiger partial charge in [-0.1, -0.05) is 19.9 Å². The molecule has 0 aliphatic carbocycles. The van der Waals surface area contributed by atoms with Crippen molar-refractivity contribution in [1.82, 2.24) is 14.6 Å². The van der Waals surface area contributed by atoms with Gasteiger partial charge in [0.05, 0.1) is 18.5 Å². The summed E-state index contributed by atoms with van der Waals surface area (Å²) >= 11 is 2.23. The molecule has 3 heterocycles. The average molecular weight is 476 g/mol. The lowest BCUT2D eigenvalue weighted by Crippen LogP contribution is -2.43. The molecule has 0 saturated carbocycles. The molecular weight excluding hydrogens is 450 g/mol. The third-order valence-electron chi connectivity index (χ3n) is 4.72. The SMILES string of the molecule is CC(C)CCNC(=O)[C@H](c1ccco1)N(Cc1cccs1)C(=O)c1snc(C(N)=O)c1N. The smallest absolute Gasteiger partial charge is 0.270 e. The van der Waals surface area contributed by atoms with Crippen molar-refractivity contribution in [2.45, 2.75) is 32.9 Å². The van der Waals surface area contributed by atoms with Crippen molar-refractivity contribution in [2.75, 3.05) is 12.3 Å². The van der Waals surface area contributed by atoms with E-state index in [1.807, 2.05) is 17.5 Å². The molecule has 0 unspecified atom stereocenters. The highest BCUT2D eigenvalue weighted by Crippen LogP contribution is 2.31. The Morgan fingerprint density at radius 3 is 2.59 bits per heavy atom. The summed E-state index contributed by atoms with van der Waals surface area (Å²) < 4.78 is 9.46. The van der Waals surface area contributed by atoms with Gasteiger partial charge in [0.2, 0.25) is 0 Å². The summed E-state index contributed by atoms with van der Waals surface area (Å²) in [6, 6.07) is 5.99. The van der Waals surface area contributed by atoms with Crippen molar-refractivity contribution in [1.29, 1.82) is 0 Å². The van der Waals surface area contributed by atoms with E-state index in [1.165, 1.54) is 22.5 Å². The first-order valence-electron chi connectivity index (χ1n) is 9.99. The predicted molar refractivity (Wildman–Crippen MR) is 123 cm³/mol. The third kappa shape index (κ3) is 5.35. The number of nitrogens with one attached hydrogen (secondary N) is 1. The molecule has 0 saturated heterocycles. The van der Waals surface area contributed by atoms with Crippen LogP contribution < -0.4 is 16.8 Å². The largest absolute Gasteiger partial charge is 0.467 e. The summed E-state index contributed by atoms with van der Waals surface area (Å²) in [6.45, 7) is 4.73. The molecule has 0 spiro atoms. The molecule has 3 rings (SSSR count). The standard InChI is InChI=1S/C21H25N5O4S2/c1-12(2)7-8-24-20(28)17(14-6-3-9-30-14)26(11-13-5-4-10-31-13)21(29)18-15(22)16(19(23)27)25-32-18/h3-6,9-10,12,17H,7-8,11,22H2,1-2H3,(H2,23,27)(H,24,28)/t17-/m0/s1. The van der Waals surface area contributed by atoms with Crippen LogP contribution in [0, 0.1) is 5.92 Å². The maximum absolute atomic E-state index is 13.6. The third-order valence-corrected chi connectivity index (χ3v) is 6.43. The first-order chi connectivity index (χ1) is 15.3. The lowest BCUT2D eigenvalue weighted by atomic mass is 10.1. The Morgan fingerprint density at radius 1 is 1.25 bits per heavy atom. The second-order valence-corrected chi connectivity index (χ2v) is 9.35. The van der Waals surface area contributed by atoms with E-state index < -0.39 is 17.9 Å². The maximum Gasteiger partial charge on any atom is 0.270 e. The fourth-order valence-electron chi connectivity index (χ4n) is 3.06. The Bertz CT molecular complexity index is 1060. The molecular formula is C21H25N5O4S2. The van der Waals surface area contributed by atoms with Crippen LogP contribution in [-0.4, -0.2) is 33.5 Å². The van der Waals surface area contributed by atoms with Crippen LogP contribution in [0.1, 0.15) is 57.1 Å². The highest BCUT2D eigenvalue weighted by Gasteiger charge is 2.36. The number of aromatic nitrogens is 1. The topological polar surface area (TPSA) is 145 Å². The van der Waals surface area contributed by atoms with Gasteiger partial charge in [-0.05, 0) is 47.5 Å². The van der Waals surface area contributed by atoms with Gasteiger partial charge < -0.3 is 26.1 Å². The fourth-order valence-corrected chi connectivity index (χ4v) is 4.53. The first kappa shape index (κ1) is 23.5. The number of nitrogens with zero attached hydrogens (tertiary/aromatic N) is 2. The number of hydrogen-bond acceptors (Lipinski definition) is 8. The van der Waals surface area contributed by atoms with Crippen LogP contribution in [0.4, 0.5) is 5.69 Å². The van der Waals surface area contributed by atoms with Crippen LogP contribution in [0.5, 0.6) is 0 Å². The normalized spacial score (nSPS) is 12.0. The minimum atomic E-state index is -1.04. The zero-order valence-corrected chi connectivity index (χ0v) is 19.4. The molecule has 32 heavy (non-hydrogen) atoms. The number of rotatable bonds is 10. The maximum atomic E-state index is 13.6. The predicted octanol–water partition coefficient (Wildman–Crippen LogP) is 3.02.